The minimum atomic E-state index is -0.783. The fourth-order valence-electron chi connectivity index (χ4n) is 2.89. The molecular weight excluding hydrogens is 350 g/mol. The molecule has 1 amide bonds. The van der Waals surface area contributed by atoms with E-state index in [9.17, 15) is 20.0 Å². The number of nitro benzene ring substituents is 1. The summed E-state index contributed by atoms with van der Waals surface area (Å²) in [6.45, 7) is 0.330. The van der Waals surface area contributed by atoms with E-state index >= 15 is 0 Å². The van der Waals surface area contributed by atoms with Gasteiger partial charge in [0.2, 0.25) is 5.75 Å². The summed E-state index contributed by atoms with van der Waals surface area (Å²) in [5.41, 5.74) is -0.507. The number of halogens is 1. The summed E-state index contributed by atoms with van der Waals surface area (Å²) in [6.07, 6.45) is 4.74. The summed E-state index contributed by atoms with van der Waals surface area (Å²) in [7, 11) is 0. The minimum absolute atomic E-state index is 0.0157. The fraction of sp³-hybridized carbons (Fsp3) is 0.250. The van der Waals surface area contributed by atoms with Crippen LogP contribution in [-0.2, 0) is 0 Å². The zero-order chi connectivity index (χ0) is 17.8. The molecule has 1 aliphatic heterocycles. The molecular formula is C16H12ClN3O5. The molecule has 2 heterocycles. The summed E-state index contributed by atoms with van der Waals surface area (Å²) < 4.78 is 5.94. The lowest BCUT2D eigenvalue weighted by atomic mass is 10.1. The number of rotatable bonds is 2. The van der Waals surface area contributed by atoms with Crippen molar-refractivity contribution in [3.63, 3.8) is 0 Å². The number of hydrogen-bond donors (Lipinski definition) is 1. The molecule has 1 spiro atoms. The molecule has 0 saturated heterocycles. The maximum absolute atomic E-state index is 13.0. The lowest BCUT2D eigenvalue weighted by Crippen LogP contribution is -2.45. The van der Waals surface area contributed by atoms with E-state index in [1.165, 1.54) is 17.2 Å². The van der Waals surface area contributed by atoms with Crippen molar-refractivity contribution >= 4 is 28.9 Å². The van der Waals surface area contributed by atoms with Crippen LogP contribution in [0, 0.1) is 10.1 Å². The average molecular weight is 362 g/mol. The molecule has 1 saturated carbocycles. The van der Waals surface area contributed by atoms with Gasteiger partial charge in [-0.05, 0) is 18.9 Å². The number of nitro groups is 1. The van der Waals surface area contributed by atoms with Gasteiger partial charge in [-0.2, -0.15) is 0 Å². The number of hydrogen-bond acceptors (Lipinski definition) is 6. The van der Waals surface area contributed by atoms with Gasteiger partial charge < -0.3 is 9.84 Å². The first-order valence-corrected chi connectivity index (χ1v) is 7.90. The van der Waals surface area contributed by atoms with Crippen LogP contribution < -0.4 is 9.64 Å². The minimum Gasteiger partial charge on any atom is -0.501 e. The molecule has 1 fully saturated rings. The predicted octanol–water partition coefficient (Wildman–Crippen LogP) is 2.92. The highest BCUT2D eigenvalue weighted by atomic mass is 35.5. The molecule has 1 aromatic heterocycles. The third kappa shape index (κ3) is 2.54. The summed E-state index contributed by atoms with van der Waals surface area (Å²) >= 11 is 5.85. The number of carbonyl (C=O) groups excluding carboxylic acids is 1. The number of nitrogens with zero attached hydrogens (tertiary/aromatic N) is 3. The molecule has 4 rings (SSSR count). The Labute approximate surface area is 146 Å². The molecule has 2 aromatic rings. The number of aromatic nitrogens is 1. The van der Waals surface area contributed by atoms with Gasteiger partial charge >= 0.3 is 5.69 Å². The monoisotopic (exact) mass is 361 g/mol. The SMILES string of the molecule is O=C(c1cc(Cl)c(O)c([N+](=O)[O-])c1)N1CC2(CC2)Oc2ccncc21. The number of aromatic hydroxyl groups is 1. The van der Waals surface area contributed by atoms with Crippen LogP contribution in [-0.4, -0.2) is 33.1 Å². The number of ether oxygens (including phenoxy) is 1. The van der Waals surface area contributed by atoms with Crippen LogP contribution in [0.25, 0.3) is 0 Å². The Bertz CT molecular complexity index is 913. The van der Waals surface area contributed by atoms with Crippen molar-refractivity contribution in [3.8, 4) is 11.5 Å². The van der Waals surface area contributed by atoms with Crippen LogP contribution in [0.2, 0.25) is 5.02 Å². The molecule has 9 heteroatoms. The second-order valence-corrected chi connectivity index (χ2v) is 6.51. The highest BCUT2D eigenvalue weighted by Crippen LogP contribution is 2.48. The van der Waals surface area contributed by atoms with E-state index < -0.39 is 27.9 Å². The number of benzene rings is 1. The molecule has 25 heavy (non-hydrogen) atoms. The van der Waals surface area contributed by atoms with E-state index in [2.05, 4.69) is 4.98 Å². The lowest BCUT2D eigenvalue weighted by Gasteiger charge is -2.35. The topological polar surface area (TPSA) is 106 Å². The van der Waals surface area contributed by atoms with Crippen molar-refractivity contribution in [2.45, 2.75) is 18.4 Å². The maximum Gasteiger partial charge on any atom is 0.313 e. The number of fused-ring (bicyclic) bond motifs is 1. The van der Waals surface area contributed by atoms with Gasteiger partial charge in [-0.1, -0.05) is 11.6 Å². The third-order valence-electron chi connectivity index (χ3n) is 4.36. The standard InChI is InChI=1S/C16H12ClN3O5/c17-10-5-9(6-11(14(10)21)20(23)24)15(22)19-8-16(2-3-16)25-13-1-4-18-7-12(13)19/h1,4-7,21H,2-3,8H2. The Balaban J connectivity index is 1.78. The summed E-state index contributed by atoms with van der Waals surface area (Å²) in [6, 6.07) is 3.92. The molecule has 2 aliphatic rings. The largest absolute Gasteiger partial charge is 0.501 e. The Morgan fingerprint density at radius 2 is 2.20 bits per heavy atom. The molecule has 0 atom stereocenters. The number of phenolic OH excluding ortho intramolecular Hbond substituents is 1. The van der Waals surface area contributed by atoms with Gasteiger partial charge in [0.15, 0.2) is 0 Å². The van der Waals surface area contributed by atoms with E-state index in [0.717, 1.165) is 18.9 Å². The number of carbonyl (C=O) groups is 1. The quantitative estimate of drug-likeness (QED) is 0.651. The zero-order valence-corrected chi connectivity index (χ0v) is 13.6. The van der Waals surface area contributed by atoms with E-state index in [4.69, 9.17) is 16.3 Å². The molecule has 8 nitrogen and oxygen atoms in total. The highest BCUT2D eigenvalue weighted by Gasteiger charge is 2.51. The Kier molecular flexibility index (Phi) is 3.33. The molecule has 0 bridgehead atoms. The molecule has 1 N–H and O–H groups in total. The number of anilines is 1. The molecule has 0 radical (unpaired) electrons. The molecule has 1 aromatic carbocycles. The van der Waals surface area contributed by atoms with Crippen molar-refractivity contribution in [1.29, 1.82) is 0 Å². The first-order valence-electron chi connectivity index (χ1n) is 7.52. The van der Waals surface area contributed by atoms with Gasteiger partial charge in [0.05, 0.1) is 22.7 Å². The van der Waals surface area contributed by atoms with Crippen LogP contribution in [0.3, 0.4) is 0 Å². The van der Waals surface area contributed by atoms with Crippen molar-refractivity contribution in [1.82, 2.24) is 4.98 Å². The van der Waals surface area contributed by atoms with Gasteiger partial charge in [0.25, 0.3) is 5.91 Å². The molecule has 1 aliphatic carbocycles. The predicted molar refractivity (Wildman–Crippen MR) is 88.3 cm³/mol. The normalized spacial score (nSPS) is 16.9. The van der Waals surface area contributed by atoms with Crippen LogP contribution in [0.15, 0.2) is 30.6 Å². The van der Waals surface area contributed by atoms with Gasteiger partial charge in [-0.3, -0.25) is 24.8 Å². The van der Waals surface area contributed by atoms with Crippen molar-refractivity contribution in [2.75, 3.05) is 11.4 Å². The lowest BCUT2D eigenvalue weighted by molar-refractivity contribution is -0.385. The zero-order valence-electron chi connectivity index (χ0n) is 12.8. The van der Waals surface area contributed by atoms with Crippen LogP contribution in [0.5, 0.6) is 11.5 Å². The van der Waals surface area contributed by atoms with Crippen LogP contribution >= 0.6 is 11.6 Å². The summed E-state index contributed by atoms with van der Waals surface area (Å²) in [5.74, 6) is -0.578. The van der Waals surface area contributed by atoms with Gasteiger partial charge in [-0.25, -0.2) is 0 Å². The highest BCUT2D eigenvalue weighted by molar-refractivity contribution is 6.33. The van der Waals surface area contributed by atoms with Crippen LogP contribution in [0.4, 0.5) is 11.4 Å². The van der Waals surface area contributed by atoms with E-state index in [1.54, 1.807) is 12.3 Å². The molecule has 0 unspecified atom stereocenters. The first kappa shape index (κ1) is 15.6. The Morgan fingerprint density at radius 3 is 2.88 bits per heavy atom. The Hall–Kier alpha value is -2.87. The Morgan fingerprint density at radius 1 is 1.44 bits per heavy atom. The van der Waals surface area contributed by atoms with E-state index in [0.29, 0.717) is 18.0 Å². The second-order valence-electron chi connectivity index (χ2n) is 6.10. The summed E-state index contributed by atoms with van der Waals surface area (Å²) in [4.78, 5) is 28.8. The van der Waals surface area contributed by atoms with Crippen molar-refractivity contribution in [3.05, 3.63) is 51.3 Å². The number of amides is 1. The van der Waals surface area contributed by atoms with Gasteiger partial charge in [0.1, 0.15) is 17.0 Å². The van der Waals surface area contributed by atoms with E-state index in [1.807, 2.05) is 0 Å². The maximum atomic E-state index is 13.0. The smallest absolute Gasteiger partial charge is 0.313 e. The van der Waals surface area contributed by atoms with Gasteiger partial charge in [-0.15, -0.1) is 0 Å². The second kappa shape index (κ2) is 5.32. The first-order chi connectivity index (χ1) is 11.9. The number of pyridine rings is 1. The third-order valence-corrected chi connectivity index (χ3v) is 4.65. The van der Waals surface area contributed by atoms with Crippen molar-refractivity contribution in [2.24, 2.45) is 0 Å². The number of phenols is 1. The van der Waals surface area contributed by atoms with Crippen LogP contribution in [0.1, 0.15) is 23.2 Å². The molecule has 128 valence electrons. The van der Waals surface area contributed by atoms with Gasteiger partial charge in [0, 0.05) is 23.9 Å². The van der Waals surface area contributed by atoms with E-state index in [-0.39, 0.29) is 10.6 Å². The summed E-state index contributed by atoms with van der Waals surface area (Å²) in [5, 5.41) is 20.5. The average Bonchev–Trinajstić information content (AvgIpc) is 3.34. The fourth-order valence-corrected chi connectivity index (χ4v) is 3.10. The van der Waals surface area contributed by atoms with Crippen molar-refractivity contribution < 1.29 is 19.6 Å².